The highest BCUT2D eigenvalue weighted by molar-refractivity contribution is 5.81. The van der Waals surface area contributed by atoms with Gasteiger partial charge in [0.2, 0.25) is 5.91 Å². The molecule has 1 N–H and O–H groups in total. The molecule has 0 radical (unpaired) electrons. The molecule has 6 heteroatoms. The predicted molar refractivity (Wildman–Crippen MR) is 95.1 cm³/mol. The zero-order chi connectivity index (χ0) is 17.6. The molecule has 2 heterocycles. The van der Waals surface area contributed by atoms with Crippen LogP contribution in [-0.4, -0.2) is 61.1 Å². The van der Waals surface area contributed by atoms with Gasteiger partial charge in [0.15, 0.2) is 0 Å². The standard InChI is InChI=1S/C19H27N3O3/c1-15(16-6-3-2-4-7-16)20-19(24)22-9-5-8-17(14-22)18(23)21-10-12-25-13-11-21/h2-4,6-7,15,17H,5,8-14H2,1H3,(H,20,24). The minimum atomic E-state index is -0.0929. The summed E-state index contributed by atoms with van der Waals surface area (Å²) in [6.45, 7) is 5.73. The van der Waals surface area contributed by atoms with Crippen molar-refractivity contribution in [3.8, 4) is 0 Å². The van der Waals surface area contributed by atoms with Crippen LogP contribution in [0.4, 0.5) is 4.79 Å². The van der Waals surface area contributed by atoms with Crippen molar-refractivity contribution in [2.75, 3.05) is 39.4 Å². The lowest BCUT2D eigenvalue weighted by molar-refractivity contribution is -0.141. The summed E-state index contributed by atoms with van der Waals surface area (Å²) in [5.74, 6) is 0.0709. The van der Waals surface area contributed by atoms with Crippen LogP contribution in [0.2, 0.25) is 0 Å². The van der Waals surface area contributed by atoms with Crippen molar-refractivity contribution < 1.29 is 14.3 Å². The van der Waals surface area contributed by atoms with E-state index >= 15 is 0 Å². The van der Waals surface area contributed by atoms with Crippen molar-refractivity contribution >= 4 is 11.9 Å². The van der Waals surface area contributed by atoms with Gasteiger partial charge in [-0.3, -0.25) is 4.79 Å². The van der Waals surface area contributed by atoms with Crippen LogP contribution in [0.3, 0.4) is 0 Å². The summed E-state index contributed by atoms with van der Waals surface area (Å²) >= 11 is 0. The second-order valence-electron chi connectivity index (χ2n) is 6.80. The number of nitrogens with zero attached hydrogens (tertiary/aromatic N) is 2. The molecule has 2 aliphatic heterocycles. The van der Waals surface area contributed by atoms with Crippen LogP contribution in [0, 0.1) is 5.92 Å². The first-order valence-corrected chi connectivity index (χ1v) is 9.12. The van der Waals surface area contributed by atoms with E-state index in [-0.39, 0.29) is 23.9 Å². The van der Waals surface area contributed by atoms with E-state index in [4.69, 9.17) is 4.74 Å². The number of hydrogen-bond donors (Lipinski definition) is 1. The van der Waals surface area contributed by atoms with Gasteiger partial charge in [0.05, 0.1) is 25.2 Å². The van der Waals surface area contributed by atoms with Gasteiger partial charge in [-0.05, 0) is 25.3 Å². The topological polar surface area (TPSA) is 61.9 Å². The lowest BCUT2D eigenvalue weighted by Gasteiger charge is -2.36. The minimum Gasteiger partial charge on any atom is -0.378 e. The number of likely N-dealkylation sites (tertiary alicyclic amines) is 1. The van der Waals surface area contributed by atoms with Crippen LogP contribution in [0.5, 0.6) is 0 Å². The van der Waals surface area contributed by atoms with Crippen molar-refractivity contribution in [2.45, 2.75) is 25.8 Å². The quantitative estimate of drug-likeness (QED) is 0.912. The molecule has 3 amide bonds. The molecule has 3 rings (SSSR count). The molecule has 0 aliphatic carbocycles. The molecule has 25 heavy (non-hydrogen) atoms. The lowest BCUT2D eigenvalue weighted by atomic mass is 9.96. The normalized spacial score (nSPS) is 22.4. The van der Waals surface area contributed by atoms with Crippen LogP contribution < -0.4 is 5.32 Å². The zero-order valence-corrected chi connectivity index (χ0v) is 14.8. The van der Waals surface area contributed by atoms with E-state index in [1.54, 1.807) is 4.90 Å². The van der Waals surface area contributed by atoms with Gasteiger partial charge in [-0.2, -0.15) is 0 Å². The molecule has 1 aromatic carbocycles. The van der Waals surface area contributed by atoms with Crippen LogP contribution >= 0.6 is 0 Å². The number of piperidine rings is 1. The average molecular weight is 345 g/mol. The second-order valence-corrected chi connectivity index (χ2v) is 6.80. The van der Waals surface area contributed by atoms with E-state index in [9.17, 15) is 9.59 Å². The Balaban J connectivity index is 1.55. The Morgan fingerprint density at radius 1 is 1.12 bits per heavy atom. The van der Waals surface area contributed by atoms with E-state index in [1.807, 2.05) is 42.2 Å². The van der Waals surface area contributed by atoms with Crippen molar-refractivity contribution in [1.82, 2.24) is 15.1 Å². The van der Waals surface area contributed by atoms with E-state index in [0.29, 0.717) is 39.4 Å². The van der Waals surface area contributed by atoms with Crippen LogP contribution in [0.25, 0.3) is 0 Å². The number of nitrogens with one attached hydrogen (secondary N) is 1. The first-order chi connectivity index (χ1) is 12.1. The molecule has 2 saturated heterocycles. The Kier molecular flexibility index (Phi) is 5.91. The van der Waals surface area contributed by atoms with Gasteiger partial charge in [-0.25, -0.2) is 4.79 Å². The molecular formula is C19H27N3O3. The van der Waals surface area contributed by atoms with E-state index < -0.39 is 0 Å². The maximum Gasteiger partial charge on any atom is 0.317 e. The van der Waals surface area contributed by atoms with Gasteiger partial charge in [0, 0.05) is 26.2 Å². The number of benzene rings is 1. The van der Waals surface area contributed by atoms with Gasteiger partial charge in [-0.15, -0.1) is 0 Å². The fourth-order valence-electron chi connectivity index (χ4n) is 3.51. The maximum absolute atomic E-state index is 12.7. The van der Waals surface area contributed by atoms with Crippen molar-refractivity contribution in [2.24, 2.45) is 5.92 Å². The van der Waals surface area contributed by atoms with E-state index in [0.717, 1.165) is 18.4 Å². The third-order valence-corrected chi connectivity index (χ3v) is 5.02. The first-order valence-electron chi connectivity index (χ1n) is 9.12. The predicted octanol–water partition coefficient (Wildman–Crippen LogP) is 2.03. The third kappa shape index (κ3) is 4.51. The molecule has 6 nitrogen and oxygen atoms in total. The molecule has 2 atom stereocenters. The Labute approximate surface area is 149 Å². The van der Waals surface area contributed by atoms with Crippen LogP contribution in [0.1, 0.15) is 31.4 Å². The van der Waals surface area contributed by atoms with Gasteiger partial charge >= 0.3 is 6.03 Å². The fraction of sp³-hybridized carbons (Fsp3) is 0.579. The molecular weight excluding hydrogens is 318 g/mol. The van der Waals surface area contributed by atoms with Crippen LogP contribution in [-0.2, 0) is 9.53 Å². The summed E-state index contributed by atoms with van der Waals surface area (Å²) in [7, 11) is 0. The summed E-state index contributed by atoms with van der Waals surface area (Å²) in [4.78, 5) is 28.9. The maximum atomic E-state index is 12.7. The van der Waals surface area contributed by atoms with Crippen molar-refractivity contribution in [3.63, 3.8) is 0 Å². The number of ether oxygens (including phenoxy) is 1. The number of urea groups is 1. The Morgan fingerprint density at radius 2 is 1.84 bits per heavy atom. The summed E-state index contributed by atoms with van der Waals surface area (Å²) in [5, 5.41) is 3.05. The second kappa shape index (κ2) is 8.34. The monoisotopic (exact) mass is 345 g/mol. The smallest absolute Gasteiger partial charge is 0.317 e. The molecule has 0 bridgehead atoms. The number of hydrogen-bond acceptors (Lipinski definition) is 3. The summed E-state index contributed by atoms with van der Waals surface area (Å²) in [5.41, 5.74) is 1.08. The fourth-order valence-corrected chi connectivity index (χ4v) is 3.51. The first kappa shape index (κ1) is 17.7. The highest BCUT2D eigenvalue weighted by Crippen LogP contribution is 2.20. The van der Waals surface area contributed by atoms with Gasteiger partial charge in [0.25, 0.3) is 0 Å². The number of morpholine rings is 1. The number of rotatable bonds is 3. The molecule has 2 aliphatic rings. The molecule has 0 aromatic heterocycles. The molecule has 0 spiro atoms. The van der Waals surface area contributed by atoms with Crippen LogP contribution in [0.15, 0.2) is 30.3 Å². The zero-order valence-electron chi connectivity index (χ0n) is 14.8. The third-order valence-electron chi connectivity index (χ3n) is 5.02. The van der Waals surface area contributed by atoms with Gasteiger partial charge in [-0.1, -0.05) is 30.3 Å². The molecule has 136 valence electrons. The molecule has 2 fully saturated rings. The molecule has 0 saturated carbocycles. The SMILES string of the molecule is CC(NC(=O)N1CCCC(C(=O)N2CCOCC2)C1)c1ccccc1. The molecule has 1 aromatic rings. The summed E-state index contributed by atoms with van der Waals surface area (Å²) in [6.07, 6.45) is 1.72. The summed E-state index contributed by atoms with van der Waals surface area (Å²) in [6, 6.07) is 9.77. The van der Waals surface area contributed by atoms with Gasteiger partial charge < -0.3 is 19.9 Å². The Morgan fingerprint density at radius 3 is 2.56 bits per heavy atom. The Bertz CT molecular complexity index is 587. The number of amides is 3. The average Bonchev–Trinajstić information content (AvgIpc) is 2.68. The van der Waals surface area contributed by atoms with Gasteiger partial charge in [0.1, 0.15) is 0 Å². The highest BCUT2D eigenvalue weighted by Gasteiger charge is 2.32. The largest absolute Gasteiger partial charge is 0.378 e. The minimum absolute atomic E-state index is 0.0518. The Hall–Kier alpha value is -2.08. The van der Waals surface area contributed by atoms with Crippen molar-refractivity contribution in [3.05, 3.63) is 35.9 Å². The van der Waals surface area contributed by atoms with E-state index in [2.05, 4.69) is 5.32 Å². The van der Waals surface area contributed by atoms with E-state index in [1.165, 1.54) is 0 Å². The highest BCUT2D eigenvalue weighted by atomic mass is 16.5. The van der Waals surface area contributed by atoms with Crippen molar-refractivity contribution in [1.29, 1.82) is 0 Å². The number of carbonyl (C=O) groups excluding carboxylic acids is 2. The molecule has 2 unspecified atom stereocenters. The number of carbonyl (C=O) groups is 2. The summed E-state index contributed by atoms with van der Waals surface area (Å²) < 4.78 is 5.31. The lowest BCUT2D eigenvalue weighted by Crippen LogP contribution is -2.51.